The second kappa shape index (κ2) is 9.23. The number of carbonyl (C=O) groups excluding carboxylic acids is 2. The number of H-pyrrole nitrogens is 1. The molecule has 0 atom stereocenters. The first-order valence-electron chi connectivity index (χ1n) is 10.9. The lowest BCUT2D eigenvalue weighted by atomic mass is 10.1. The van der Waals surface area contributed by atoms with Crippen LogP contribution in [0.25, 0.3) is 10.2 Å². The van der Waals surface area contributed by atoms with Crippen LogP contribution in [0, 0.1) is 13.8 Å². The third-order valence-corrected chi connectivity index (χ3v) is 7.86. The molecule has 0 aliphatic heterocycles. The lowest BCUT2D eigenvalue weighted by molar-refractivity contribution is 0.0522. The van der Waals surface area contributed by atoms with Crippen LogP contribution in [0.5, 0.6) is 0 Å². The average molecular weight is 474 g/mol. The SMILES string of the molecule is CCCn1c(SCC(=O)c2c(C)[nH]c(C)c2C(=O)OCC)nc2sc3c(c2c1=O)CCC3. The molecule has 0 fully saturated rings. The second-order valence-electron chi connectivity index (χ2n) is 7.95. The largest absolute Gasteiger partial charge is 0.462 e. The Morgan fingerprint density at radius 1 is 1.19 bits per heavy atom. The summed E-state index contributed by atoms with van der Waals surface area (Å²) in [4.78, 5) is 48.8. The number of fused-ring (bicyclic) bond motifs is 3. The van der Waals surface area contributed by atoms with Gasteiger partial charge in [0, 0.05) is 22.8 Å². The number of nitrogens with zero attached hydrogens (tertiary/aromatic N) is 2. The number of ketones is 1. The number of rotatable bonds is 8. The number of aryl methyl sites for hydroxylation is 4. The zero-order chi connectivity index (χ0) is 23.0. The number of ether oxygens (including phenoxy) is 1. The zero-order valence-electron chi connectivity index (χ0n) is 18.8. The van der Waals surface area contributed by atoms with Crippen LogP contribution in [-0.4, -0.2) is 38.6 Å². The summed E-state index contributed by atoms with van der Waals surface area (Å²) in [6.07, 6.45) is 3.83. The summed E-state index contributed by atoms with van der Waals surface area (Å²) in [6.45, 7) is 8.08. The fourth-order valence-electron chi connectivity index (χ4n) is 4.38. The molecule has 0 unspecified atom stereocenters. The number of Topliss-reactive ketones (excluding diaryl/α,β-unsaturated/α-hetero) is 1. The van der Waals surface area contributed by atoms with Gasteiger partial charge in [0.25, 0.3) is 5.56 Å². The van der Waals surface area contributed by atoms with Gasteiger partial charge in [-0.15, -0.1) is 11.3 Å². The van der Waals surface area contributed by atoms with Crippen LogP contribution < -0.4 is 5.56 Å². The Bertz CT molecular complexity index is 1270. The van der Waals surface area contributed by atoms with Gasteiger partial charge >= 0.3 is 5.97 Å². The standard InChI is InChI=1S/C23H27N3O4S2/c1-5-10-26-21(28)19-14-8-7-9-16(14)32-20(19)25-23(26)31-11-15(27)17-12(3)24-13(4)18(17)22(29)30-6-2/h24H,5-11H2,1-4H3. The molecule has 32 heavy (non-hydrogen) atoms. The number of nitrogens with one attached hydrogen (secondary N) is 1. The molecule has 1 N–H and O–H groups in total. The number of carbonyl (C=O) groups is 2. The minimum atomic E-state index is -0.502. The third-order valence-electron chi connectivity index (χ3n) is 5.70. The lowest BCUT2D eigenvalue weighted by Gasteiger charge is -2.11. The molecule has 0 aromatic carbocycles. The van der Waals surface area contributed by atoms with E-state index in [0.717, 1.165) is 41.5 Å². The van der Waals surface area contributed by atoms with Gasteiger partial charge in [-0.05, 0) is 52.0 Å². The summed E-state index contributed by atoms with van der Waals surface area (Å²) in [6, 6.07) is 0. The molecule has 0 saturated carbocycles. The smallest absolute Gasteiger partial charge is 0.340 e. The van der Waals surface area contributed by atoms with Crippen LogP contribution in [0.3, 0.4) is 0 Å². The molecule has 3 heterocycles. The molecule has 0 bridgehead atoms. The molecule has 9 heteroatoms. The maximum Gasteiger partial charge on any atom is 0.340 e. The first-order valence-corrected chi connectivity index (χ1v) is 12.7. The van der Waals surface area contributed by atoms with Gasteiger partial charge in [0.1, 0.15) is 4.83 Å². The maximum atomic E-state index is 13.3. The molecule has 3 aromatic rings. The highest BCUT2D eigenvalue weighted by Crippen LogP contribution is 2.35. The molecule has 7 nitrogen and oxygen atoms in total. The monoisotopic (exact) mass is 473 g/mol. The third kappa shape index (κ3) is 3.92. The quantitative estimate of drug-likeness (QED) is 0.225. The van der Waals surface area contributed by atoms with Crippen LogP contribution in [-0.2, 0) is 24.1 Å². The van der Waals surface area contributed by atoms with Gasteiger partial charge in [0.15, 0.2) is 10.9 Å². The van der Waals surface area contributed by atoms with E-state index in [-0.39, 0.29) is 23.7 Å². The summed E-state index contributed by atoms with van der Waals surface area (Å²) in [5, 5.41) is 1.31. The van der Waals surface area contributed by atoms with Crippen molar-refractivity contribution in [2.45, 2.75) is 65.1 Å². The Morgan fingerprint density at radius 2 is 1.94 bits per heavy atom. The van der Waals surface area contributed by atoms with Gasteiger partial charge in [-0.1, -0.05) is 18.7 Å². The molecule has 3 aromatic heterocycles. The van der Waals surface area contributed by atoms with Gasteiger partial charge in [-0.2, -0.15) is 0 Å². The Labute approximate surface area is 194 Å². The van der Waals surface area contributed by atoms with E-state index in [1.807, 2.05) is 6.92 Å². The first-order chi connectivity index (χ1) is 15.4. The van der Waals surface area contributed by atoms with E-state index in [4.69, 9.17) is 9.72 Å². The van der Waals surface area contributed by atoms with Crippen LogP contribution in [0.4, 0.5) is 0 Å². The van der Waals surface area contributed by atoms with Gasteiger partial charge in [0.2, 0.25) is 0 Å². The summed E-state index contributed by atoms with van der Waals surface area (Å²) in [5.41, 5.74) is 3.06. The number of aromatic nitrogens is 3. The van der Waals surface area contributed by atoms with Crippen molar-refractivity contribution in [1.82, 2.24) is 14.5 Å². The molecule has 0 amide bonds. The fraction of sp³-hybridized carbons (Fsp3) is 0.478. The lowest BCUT2D eigenvalue weighted by Crippen LogP contribution is -2.24. The van der Waals surface area contributed by atoms with Crippen LogP contribution >= 0.6 is 23.1 Å². The van der Waals surface area contributed by atoms with E-state index in [9.17, 15) is 14.4 Å². The fourth-order valence-corrected chi connectivity index (χ4v) is 6.58. The maximum absolute atomic E-state index is 13.3. The van der Waals surface area contributed by atoms with Crippen LogP contribution in [0.2, 0.25) is 0 Å². The number of hydrogen-bond donors (Lipinski definition) is 1. The number of thiophene rings is 1. The van der Waals surface area contributed by atoms with Crippen molar-refractivity contribution < 1.29 is 14.3 Å². The predicted octanol–water partition coefficient (Wildman–Crippen LogP) is 4.45. The van der Waals surface area contributed by atoms with Gasteiger partial charge < -0.3 is 9.72 Å². The Morgan fingerprint density at radius 3 is 2.66 bits per heavy atom. The minimum absolute atomic E-state index is 0.00733. The first kappa shape index (κ1) is 22.8. The minimum Gasteiger partial charge on any atom is -0.462 e. The summed E-state index contributed by atoms with van der Waals surface area (Å²) in [5.74, 6) is -0.610. The van der Waals surface area contributed by atoms with E-state index >= 15 is 0 Å². The van der Waals surface area contributed by atoms with E-state index in [1.54, 1.807) is 36.7 Å². The summed E-state index contributed by atoms with van der Waals surface area (Å²) >= 11 is 2.86. The van der Waals surface area contributed by atoms with Crippen molar-refractivity contribution in [2.24, 2.45) is 0 Å². The molecule has 1 aliphatic carbocycles. The van der Waals surface area contributed by atoms with Crippen molar-refractivity contribution in [1.29, 1.82) is 0 Å². The molecule has 0 radical (unpaired) electrons. The van der Waals surface area contributed by atoms with Crippen LogP contribution in [0.15, 0.2) is 9.95 Å². The van der Waals surface area contributed by atoms with Gasteiger partial charge in [-0.3, -0.25) is 14.2 Å². The highest BCUT2D eigenvalue weighted by molar-refractivity contribution is 7.99. The average Bonchev–Trinajstić information content (AvgIpc) is 3.41. The van der Waals surface area contributed by atoms with E-state index in [0.29, 0.717) is 34.2 Å². The summed E-state index contributed by atoms with van der Waals surface area (Å²) < 4.78 is 6.85. The topological polar surface area (TPSA) is 94.1 Å². The van der Waals surface area contributed by atoms with Crippen LogP contribution in [0.1, 0.15) is 69.2 Å². The number of esters is 1. The molecular formula is C23H27N3O4S2. The van der Waals surface area contributed by atoms with Crippen molar-refractivity contribution in [3.8, 4) is 0 Å². The highest BCUT2D eigenvalue weighted by Gasteiger charge is 2.27. The molecule has 4 rings (SSSR count). The van der Waals surface area contributed by atoms with Crippen molar-refractivity contribution in [3.63, 3.8) is 0 Å². The van der Waals surface area contributed by atoms with Crippen molar-refractivity contribution in [3.05, 3.63) is 43.3 Å². The van der Waals surface area contributed by atoms with E-state index < -0.39 is 5.97 Å². The normalized spacial score (nSPS) is 13.0. The summed E-state index contributed by atoms with van der Waals surface area (Å²) in [7, 11) is 0. The Balaban J connectivity index is 1.67. The molecule has 1 aliphatic rings. The molecular weight excluding hydrogens is 446 g/mol. The second-order valence-corrected chi connectivity index (χ2v) is 9.97. The van der Waals surface area contributed by atoms with E-state index in [2.05, 4.69) is 4.98 Å². The van der Waals surface area contributed by atoms with Crippen molar-refractivity contribution >= 4 is 45.1 Å². The van der Waals surface area contributed by atoms with Gasteiger partial charge in [0.05, 0.1) is 28.9 Å². The van der Waals surface area contributed by atoms with Crippen molar-refractivity contribution in [2.75, 3.05) is 12.4 Å². The predicted molar refractivity (Wildman–Crippen MR) is 127 cm³/mol. The number of aromatic amines is 1. The highest BCUT2D eigenvalue weighted by atomic mass is 32.2. The molecule has 0 spiro atoms. The number of hydrogen-bond acceptors (Lipinski definition) is 7. The Hall–Kier alpha value is -2.39. The zero-order valence-corrected chi connectivity index (χ0v) is 20.4. The van der Waals surface area contributed by atoms with Gasteiger partial charge in [-0.25, -0.2) is 9.78 Å². The van der Waals surface area contributed by atoms with E-state index in [1.165, 1.54) is 16.6 Å². The molecule has 0 saturated heterocycles. The molecule has 170 valence electrons. The number of thioether (sulfide) groups is 1. The Kier molecular flexibility index (Phi) is 6.57.